The average Bonchev–Trinajstić information content (AvgIpc) is 3.30. The molecular weight excluding hydrogens is 275 g/mol. The van der Waals surface area contributed by atoms with Crippen LogP contribution in [-0.4, -0.2) is 12.2 Å². The Morgan fingerprint density at radius 2 is 1.62 bits per heavy atom. The molecule has 0 saturated heterocycles. The van der Waals surface area contributed by atoms with Crippen molar-refractivity contribution in [1.29, 1.82) is 0 Å². The summed E-state index contributed by atoms with van der Waals surface area (Å²) in [5.41, 5.74) is 1.13. The third-order valence-electron chi connectivity index (χ3n) is 4.83. The average molecular weight is 297 g/mol. The molecule has 21 heavy (non-hydrogen) atoms. The minimum atomic E-state index is -4.08. The van der Waals surface area contributed by atoms with Crippen LogP contribution in [0.1, 0.15) is 50.1 Å². The van der Waals surface area contributed by atoms with Gasteiger partial charge in [0.05, 0.1) is 5.92 Å². The van der Waals surface area contributed by atoms with Crippen molar-refractivity contribution in [3.63, 3.8) is 0 Å². The summed E-state index contributed by atoms with van der Waals surface area (Å²) in [6.45, 7) is 0. The normalized spacial score (nSPS) is 28.3. The number of hydrogen-bond acceptors (Lipinski definition) is 1. The molecule has 0 aliphatic heterocycles. The van der Waals surface area contributed by atoms with E-state index in [4.69, 9.17) is 0 Å². The molecule has 0 aromatic heterocycles. The summed E-state index contributed by atoms with van der Waals surface area (Å²) < 4.78 is 39.7. The molecule has 0 heterocycles. The lowest BCUT2D eigenvalue weighted by Gasteiger charge is -2.36. The Morgan fingerprint density at radius 1 is 0.952 bits per heavy atom. The van der Waals surface area contributed by atoms with Crippen LogP contribution in [0, 0.1) is 11.8 Å². The molecule has 0 radical (unpaired) electrons. The summed E-state index contributed by atoms with van der Waals surface area (Å²) in [6, 6.07) is 9.60. The van der Waals surface area contributed by atoms with Crippen LogP contribution in [0.15, 0.2) is 30.3 Å². The Hall–Kier alpha value is -1.03. The van der Waals surface area contributed by atoms with E-state index >= 15 is 0 Å². The van der Waals surface area contributed by atoms with E-state index in [0.717, 1.165) is 24.8 Å². The highest BCUT2D eigenvalue weighted by Gasteiger charge is 2.47. The maximum absolute atomic E-state index is 13.2. The van der Waals surface area contributed by atoms with Gasteiger partial charge < -0.3 is 5.32 Å². The molecule has 116 valence electrons. The smallest absolute Gasteiger partial charge is 0.306 e. The van der Waals surface area contributed by atoms with Crippen molar-refractivity contribution in [1.82, 2.24) is 5.32 Å². The molecule has 1 aromatic rings. The zero-order valence-corrected chi connectivity index (χ0v) is 12.1. The first kappa shape index (κ1) is 14.9. The highest BCUT2D eigenvalue weighted by Crippen LogP contribution is 2.44. The van der Waals surface area contributed by atoms with Gasteiger partial charge in [-0.2, -0.15) is 13.2 Å². The van der Waals surface area contributed by atoms with E-state index in [1.54, 1.807) is 0 Å². The van der Waals surface area contributed by atoms with Gasteiger partial charge in [-0.25, -0.2) is 0 Å². The number of rotatable bonds is 4. The predicted octanol–water partition coefficient (Wildman–Crippen LogP) is 4.85. The van der Waals surface area contributed by atoms with Gasteiger partial charge in [0, 0.05) is 12.1 Å². The van der Waals surface area contributed by atoms with E-state index in [1.165, 1.54) is 0 Å². The molecule has 3 atom stereocenters. The summed E-state index contributed by atoms with van der Waals surface area (Å²) in [4.78, 5) is 0. The maximum atomic E-state index is 13.2. The number of alkyl halides is 3. The minimum absolute atomic E-state index is 0.0825. The molecule has 2 saturated carbocycles. The number of benzene rings is 1. The standard InChI is InChI=1S/C17H22F3N/c18-17(19,20)14-8-4-5-9-15(14)21-16(13-10-11-13)12-6-2-1-3-7-12/h1-3,6-7,13-16,21H,4-5,8-11H2. The van der Waals surface area contributed by atoms with E-state index < -0.39 is 18.1 Å². The Labute approximate surface area is 123 Å². The molecule has 4 heteroatoms. The van der Waals surface area contributed by atoms with Crippen molar-refractivity contribution in [3.8, 4) is 0 Å². The van der Waals surface area contributed by atoms with Crippen molar-refractivity contribution >= 4 is 0 Å². The molecule has 3 unspecified atom stereocenters. The van der Waals surface area contributed by atoms with Crippen molar-refractivity contribution < 1.29 is 13.2 Å². The highest BCUT2D eigenvalue weighted by atomic mass is 19.4. The number of hydrogen-bond donors (Lipinski definition) is 1. The number of halogens is 3. The summed E-state index contributed by atoms with van der Waals surface area (Å²) in [5, 5.41) is 3.37. The SMILES string of the molecule is FC(F)(F)C1CCCCC1NC(c1ccccc1)C1CC1. The molecular formula is C17H22F3N. The molecule has 2 aliphatic rings. The topological polar surface area (TPSA) is 12.0 Å². The van der Waals surface area contributed by atoms with E-state index in [1.807, 2.05) is 30.3 Å². The Kier molecular flexibility index (Phi) is 4.25. The summed E-state index contributed by atoms with van der Waals surface area (Å²) in [5.74, 6) is -0.681. The molecule has 2 aliphatic carbocycles. The van der Waals surface area contributed by atoms with Crippen molar-refractivity contribution in [2.24, 2.45) is 11.8 Å². The Bertz CT molecular complexity index is 453. The second-order valence-corrected chi connectivity index (χ2v) is 6.43. The van der Waals surface area contributed by atoms with Gasteiger partial charge in [-0.1, -0.05) is 43.2 Å². The van der Waals surface area contributed by atoms with E-state index in [2.05, 4.69) is 5.32 Å². The van der Waals surface area contributed by atoms with Crippen molar-refractivity contribution in [2.45, 2.75) is 56.8 Å². The molecule has 3 rings (SSSR count). The molecule has 1 aromatic carbocycles. The van der Waals surface area contributed by atoms with E-state index in [9.17, 15) is 13.2 Å². The van der Waals surface area contributed by atoms with Crippen LogP contribution < -0.4 is 5.32 Å². The van der Waals surface area contributed by atoms with Gasteiger partial charge in [0.2, 0.25) is 0 Å². The summed E-state index contributed by atoms with van der Waals surface area (Å²) >= 11 is 0. The maximum Gasteiger partial charge on any atom is 0.393 e. The lowest BCUT2D eigenvalue weighted by molar-refractivity contribution is -0.189. The molecule has 0 spiro atoms. The van der Waals surface area contributed by atoms with Gasteiger partial charge >= 0.3 is 6.18 Å². The van der Waals surface area contributed by atoms with Crippen LogP contribution in [0.4, 0.5) is 13.2 Å². The fourth-order valence-corrected chi connectivity index (χ4v) is 3.55. The van der Waals surface area contributed by atoms with Crippen LogP contribution in [0.2, 0.25) is 0 Å². The van der Waals surface area contributed by atoms with Crippen molar-refractivity contribution in [3.05, 3.63) is 35.9 Å². The van der Waals surface area contributed by atoms with Gasteiger partial charge in [-0.3, -0.25) is 0 Å². The van der Waals surface area contributed by atoms with Gasteiger partial charge in [-0.15, -0.1) is 0 Å². The first-order valence-corrected chi connectivity index (χ1v) is 7.93. The van der Waals surface area contributed by atoms with Gasteiger partial charge in [0.25, 0.3) is 0 Å². The van der Waals surface area contributed by atoms with E-state index in [0.29, 0.717) is 18.8 Å². The molecule has 1 nitrogen and oxygen atoms in total. The molecule has 0 bridgehead atoms. The van der Waals surface area contributed by atoms with E-state index in [-0.39, 0.29) is 12.5 Å². The summed E-state index contributed by atoms with van der Waals surface area (Å²) in [7, 11) is 0. The third-order valence-corrected chi connectivity index (χ3v) is 4.83. The lowest BCUT2D eigenvalue weighted by Crippen LogP contribution is -2.47. The highest BCUT2D eigenvalue weighted by molar-refractivity contribution is 5.21. The van der Waals surface area contributed by atoms with Gasteiger partial charge in [0.1, 0.15) is 0 Å². The first-order valence-electron chi connectivity index (χ1n) is 7.93. The van der Waals surface area contributed by atoms with Crippen LogP contribution in [0.25, 0.3) is 0 Å². The Morgan fingerprint density at radius 3 is 2.24 bits per heavy atom. The predicted molar refractivity (Wildman–Crippen MR) is 76.8 cm³/mol. The zero-order chi connectivity index (χ0) is 14.9. The third kappa shape index (κ3) is 3.60. The van der Waals surface area contributed by atoms with Gasteiger partial charge in [0.15, 0.2) is 0 Å². The van der Waals surface area contributed by atoms with Crippen LogP contribution in [0.3, 0.4) is 0 Å². The molecule has 2 fully saturated rings. The zero-order valence-electron chi connectivity index (χ0n) is 12.1. The fraction of sp³-hybridized carbons (Fsp3) is 0.647. The second kappa shape index (κ2) is 5.99. The lowest BCUT2D eigenvalue weighted by atomic mass is 9.83. The fourth-order valence-electron chi connectivity index (χ4n) is 3.55. The second-order valence-electron chi connectivity index (χ2n) is 6.43. The monoisotopic (exact) mass is 297 g/mol. The molecule has 1 N–H and O–H groups in total. The first-order chi connectivity index (χ1) is 10.1. The van der Waals surface area contributed by atoms with Crippen LogP contribution >= 0.6 is 0 Å². The minimum Gasteiger partial charge on any atom is -0.306 e. The van der Waals surface area contributed by atoms with Crippen molar-refractivity contribution in [2.75, 3.05) is 0 Å². The Balaban J connectivity index is 1.75. The van der Waals surface area contributed by atoms with Crippen LogP contribution in [0.5, 0.6) is 0 Å². The summed E-state index contributed by atoms with van der Waals surface area (Å²) in [6.07, 6.45) is 0.667. The van der Waals surface area contributed by atoms with Crippen LogP contribution in [-0.2, 0) is 0 Å². The largest absolute Gasteiger partial charge is 0.393 e. The molecule has 0 amide bonds. The quantitative estimate of drug-likeness (QED) is 0.838. The number of nitrogens with one attached hydrogen (secondary N) is 1. The van der Waals surface area contributed by atoms with Gasteiger partial charge in [-0.05, 0) is 37.2 Å².